The molecule has 3 fully saturated rings. The second-order valence-corrected chi connectivity index (χ2v) is 9.65. The maximum Gasteiger partial charge on any atom is 0.0599 e. The van der Waals surface area contributed by atoms with Crippen LogP contribution in [0.5, 0.6) is 0 Å². The zero-order valence-electron chi connectivity index (χ0n) is 14.9. The van der Waals surface area contributed by atoms with Gasteiger partial charge in [-0.15, -0.1) is 0 Å². The van der Waals surface area contributed by atoms with E-state index in [4.69, 9.17) is 0 Å². The normalized spacial score (nSPS) is 53.4. The van der Waals surface area contributed by atoms with Crippen LogP contribution in [0.3, 0.4) is 0 Å². The molecule has 1 nitrogen and oxygen atoms in total. The van der Waals surface area contributed by atoms with Crippen LogP contribution < -0.4 is 0 Å². The van der Waals surface area contributed by atoms with E-state index in [0.29, 0.717) is 11.3 Å². The summed E-state index contributed by atoms with van der Waals surface area (Å²) in [4.78, 5) is 0. The first-order valence-corrected chi connectivity index (χ1v) is 9.45. The Labute approximate surface area is 131 Å². The van der Waals surface area contributed by atoms with Crippen molar-refractivity contribution in [3.05, 3.63) is 0 Å². The van der Waals surface area contributed by atoms with Crippen molar-refractivity contribution in [3.8, 4) is 0 Å². The molecule has 3 saturated carbocycles. The Morgan fingerprint density at radius 1 is 0.857 bits per heavy atom. The van der Waals surface area contributed by atoms with Gasteiger partial charge >= 0.3 is 0 Å². The third-order valence-electron chi connectivity index (χ3n) is 8.35. The van der Waals surface area contributed by atoms with Gasteiger partial charge in [-0.2, -0.15) is 0 Å². The molecule has 1 N–H and O–H groups in total. The van der Waals surface area contributed by atoms with Crippen molar-refractivity contribution >= 4 is 0 Å². The molecule has 0 spiro atoms. The number of hydrogen-bond acceptors (Lipinski definition) is 1. The highest BCUT2D eigenvalue weighted by atomic mass is 16.3. The first kappa shape index (κ1) is 15.8. The Balaban J connectivity index is 1.97. The number of aliphatic hydroxyl groups excluding tert-OH is 1. The van der Waals surface area contributed by atoms with E-state index in [1.807, 2.05) is 0 Å². The van der Waals surface area contributed by atoms with Gasteiger partial charge in [0.25, 0.3) is 0 Å². The molecule has 3 rings (SSSR count). The molecule has 0 aromatic heterocycles. The van der Waals surface area contributed by atoms with Crippen LogP contribution in [0.4, 0.5) is 0 Å². The Morgan fingerprint density at radius 2 is 1.52 bits per heavy atom. The quantitative estimate of drug-likeness (QED) is 0.644. The maximum absolute atomic E-state index is 11.1. The third kappa shape index (κ3) is 2.38. The van der Waals surface area contributed by atoms with Crippen molar-refractivity contribution in [3.63, 3.8) is 0 Å². The summed E-state index contributed by atoms with van der Waals surface area (Å²) >= 11 is 0. The van der Waals surface area contributed by atoms with Gasteiger partial charge in [-0.05, 0) is 66.1 Å². The summed E-state index contributed by atoms with van der Waals surface area (Å²) < 4.78 is 0. The maximum atomic E-state index is 11.1. The van der Waals surface area contributed by atoms with E-state index in [2.05, 4.69) is 34.6 Å². The Hall–Kier alpha value is -0.0400. The van der Waals surface area contributed by atoms with Gasteiger partial charge < -0.3 is 5.11 Å². The molecule has 122 valence electrons. The molecule has 0 amide bonds. The highest BCUT2D eigenvalue weighted by Gasteiger charge is 2.54. The van der Waals surface area contributed by atoms with Crippen LogP contribution >= 0.6 is 0 Å². The molecule has 1 unspecified atom stereocenters. The van der Waals surface area contributed by atoms with E-state index in [9.17, 15) is 5.11 Å². The van der Waals surface area contributed by atoms with Crippen LogP contribution in [0.15, 0.2) is 0 Å². The monoisotopic (exact) mass is 292 g/mol. The first-order chi connectivity index (χ1) is 9.76. The molecule has 0 aromatic carbocycles. The number of fused-ring (bicyclic) bond motifs is 3. The van der Waals surface area contributed by atoms with E-state index < -0.39 is 0 Å². The van der Waals surface area contributed by atoms with Crippen molar-refractivity contribution in [2.75, 3.05) is 0 Å². The molecule has 0 aliphatic heterocycles. The lowest BCUT2D eigenvalue weighted by atomic mass is 9.48. The molecule has 3 aliphatic rings. The van der Waals surface area contributed by atoms with Crippen LogP contribution in [0, 0.1) is 40.4 Å². The summed E-state index contributed by atoms with van der Waals surface area (Å²) in [6.45, 7) is 12.3. The van der Waals surface area contributed by atoms with Crippen LogP contribution in [-0.4, -0.2) is 11.2 Å². The highest BCUT2D eigenvalue weighted by molar-refractivity contribution is 5.03. The van der Waals surface area contributed by atoms with Gasteiger partial charge in [-0.3, -0.25) is 0 Å². The predicted octanol–water partition coefficient (Wildman–Crippen LogP) is 5.27. The number of aliphatic hydroxyl groups is 1. The van der Waals surface area contributed by atoms with E-state index in [0.717, 1.165) is 30.1 Å². The van der Waals surface area contributed by atoms with Crippen molar-refractivity contribution in [1.29, 1.82) is 0 Å². The molecular formula is C20H36O. The fraction of sp³-hybridized carbons (Fsp3) is 1.00. The summed E-state index contributed by atoms with van der Waals surface area (Å²) in [5.41, 5.74) is 0.596. The van der Waals surface area contributed by atoms with Crippen LogP contribution in [0.25, 0.3) is 0 Å². The highest BCUT2D eigenvalue weighted by Crippen LogP contribution is 2.60. The van der Waals surface area contributed by atoms with Crippen LogP contribution in [0.1, 0.15) is 79.6 Å². The average molecular weight is 293 g/mol. The van der Waals surface area contributed by atoms with Gasteiger partial charge in [0.15, 0.2) is 0 Å². The summed E-state index contributed by atoms with van der Waals surface area (Å²) in [5.74, 6) is 3.90. The number of hydrogen-bond donors (Lipinski definition) is 1. The zero-order valence-corrected chi connectivity index (χ0v) is 14.9. The fourth-order valence-corrected chi connectivity index (χ4v) is 6.60. The predicted molar refractivity (Wildman–Crippen MR) is 89.0 cm³/mol. The van der Waals surface area contributed by atoms with E-state index in [1.54, 1.807) is 0 Å². The first-order valence-electron chi connectivity index (χ1n) is 9.45. The van der Waals surface area contributed by atoms with Gasteiger partial charge in [0.2, 0.25) is 0 Å². The average Bonchev–Trinajstić information content (AvgIpc) is 2.40. The molecule has 7 atom stereocenters. The van der Waals surface area contributed by atoms with Crippen molar-refractivity contribution in [1.82, 2.24) is 0 Å². The molecule has 0 aromatic rings. The molecular weight excluding hydrogens is 256 g/mol. The van der Waals surface area contributed by atoms with Gasteiger partial charge in [-0.25, -0.2) is 0 Å². The summed E-state index contributed by atoms with van der Waals surface area (Å²) in [5, 5.41) is 11.1. The Kier molecular flexibility index (Phi) is 3.96. The minimum absolute atomic E-state index is 0.0870. The zero-order chi connectivity index (χ0) is 15.4. The second kappa shape index (κ2) is 5.25. The van der Waals surface area contributed by atoms with E-state index in [-0.39, 0.29) is 11.5 Å². The Bertz CT molecular complexity index is 387. The lowest BCUT2D eigenvalue weighted by Gasteiger charge is -2.58. The molecule has 0 saturated heterocycles. The van der Waals surface area contributed by atoms with Crippen molar-refractivity contribution in [2.24, 2.45) is 40.4 Å². The molecule has 1 heteroatoms. The largest absolute Gasteiger partial charge is 0.393 e. The van der Waals surface area contributed by atoms with Crippen molar-refractivity contribution in [2.45, 2.75) is 85.7 Å². The second-order valence-electron chi connectivity index (χ2n) is 9.65. The minimum atomic E-state index is -0.0870. The number of rotatable bonds is 0. The van der Waals surface area contributed by atoms with Gasteiger partial charge in [-0.1, -0.05) is 53.9 Å². The Morgan fingerprint density at radius 3 is 2.24 bits per heavy atom. The summed E-state index contributed by atoms with van der Waals surface area (Å²) in [7, 11) is 0. The van der Waals surface area contributed by atoms with Gasteiger partial charge in [0.1, 0.15) is 0 Å². The van der Waals surface area contributed by atoms with Crippen LogP contribution in [0.2, 0.25) is 0 Å². The lowest BCUT2D eigenvalue weighted by molar-refractivity contribution is -0.131. The third-order valence-corrected chi connectivity index (χ3v) is 8.35. The van der Waals surface area contributed by atoms with Crippen molar-refractivity contribution < 1.29 is 5.11 Å². The summed E-state index contributed by atoms with van der Waals surface area (Å²) in [6.07, 6.45) is 9.06. The lowest BCUT2D eigenvalue weighted by Crippen LogP contribution is -2.53. The molecule has 0 radical (unpaired) electrons. The van der Waals surface area contributed by atoms with E-state index in [1.165, 1.54) is 38.5 Å². The molecule has 3 aliphatic carbocycles. The van der Waals surface area contributed by atoms with E-state index >= 15 is 0 Å². The molecule has 2 bridgehead atoms. The summed E-state index contributed by atoms with van der Waals surface area (Å²) in [6, 6.07) is 0. The van der Waals surface area contributed by atoms with Gasteiger partial charge in [0, 0.05) is 0 Å². The van der Waals surface area contributed by atoms with Gasteiger partial charge in [0.05, 0.1) is 6.10 Å². The fourth-order valence-electron chi connectivity index (χ4n) is 6.60. The molecule has 0 heterocycles. The van der Waals surface area contributed by atoms with Crippen LogP contribution in [-0.2, 0) is 0 Å². The minimum Gasteiger partial charge on any atom is -0.393 e. The standard InChI is InChI=1S/C20H36O/c1-13-7-6-10-20(5)17(13)11-15-9-8-14(2)16(12-18(20)21)19(15,3)4/h13-18,21H,6-12H2,1-5H3/t13-,14-,15+,16+,17-,18?,20+/m1/s1. The SMILES string of the molecule is C[C@@H]1CCC[C@]2(C)C(O)C[C@H]3[C@H](C)CC[C@@H](C[C@H]12)C3(C)C. The molecule has 21 heavy (non-hydrogen) atoms. The smallest absolute Gasteiger partial charge is 0.0599 e. The topological polar surface area (TPSA) is 20.2 Å².